The summed E-state index contributed by atoms with van der Waals surface area (Å²) in [7, 11) is 0. The van der Waals surface area contributed by atoms with Crippen molar-refractivity contribution >= 4 is 17.5 Å². The van der Waals surface area contributed by atoms with E-state index in [0.717, 1.165) is 22.6 Å². The fourth-order valence-electron chi connectivity index (χ4n) is 1.87. The first-order chi connectivity index (χ1) is 9.81. The molecule has 0 heterocycles. The molecule has 0 bridgehead atoms. The number of carbonyl (C=O) groups is 1. The van der Waals surface area contributed by atoms with Crippen LogP contribution in [0.3, 0.4) is 0 Å². The molecule has 0 aliphatic carbocycles. The summed E-state index contributed by atoms with van der Waals surface area (Å²) in [5.41, 5.74) is 1.99. The fourth-order valence-corrected chi connectivity index (χ4v) is 2.92. The molecule has 20 heavy (non-hydrogen) atoms. The highest BCUT2D eigenvalue weighted by Gasteiger charge is 2.12. The van der Waals surface area contributed by atoms with E-state index in [1.54, 1.807) is 11.8 Å². The van der Waals surface area contributed by atoms with E-state index in [1.165, 1.54) is 5.56 Å². The normalized spacial score (nSPS) is 11.3. The average Bonchev–Trinajstić information content (AvgIpc) is 2.52. The molecule has 102 valence electrons. The van der Waals surface area contributed by atoms with Crippen LogP contribution in [0.15, 0.2) is 71.6 Å². The van der Waals surface area contributed by atoms with Gasteiger partial charge in [-0.15, -0.1) is 11.8 Å². The van der Waals surface area contributed by atoms with Gasteiger partial charge in [-0.3, -0.25) is 4.79 Å². The predicted octanol–water partition coefficient (Wildman–Crippen LogP) is 5.10. The number of Topliss-reactive ketones (excluding diaryl/α,β-unsaturated/α-hetero) is 1. The Kier molecular flexibility index (Phi) is 5.63. The van der Waals surface area contributed by atoms with Crippen molar-refractivity contribution in [2.24, 2.45) is 0 Å². The zero-order valence-electron chi connectivity index (χ0n) is 11.6. The van der Waals surface area contributed by atoms with Crippen LogP contribution in [0.4, 0.5) is 0 Å². The highest BCUT2D eigenvalue weighted by Crippen LogP contribution is 2.25. The molecule has 2 aromatic rings. The van der Waals surface area contributed by atoms with Gasteiger partial charge in [-0.05, 0) is 12.0 Å². The van der Waals surface area contributed by atoms with Crippen molar-refractivity contribution in [1.82, 2.24) is 0 Å². The third-order valence-electron chi connectivity index (χ3n) is 2.89. The largest absolute Gasteiger partial charge is 0.288 e. The number of hydrogen-bond acceptors (Lipinski definition) is 2. The zero-order valence-corrected chi connectivity index (χ0v) is 12.4. The maximum Gasteiger partial charge on any atom is 0.199 e. The first-order valence-electron chi connectivity index (χ1n) is 6.78. The molecule has 0 aliphatic rings. The van der Waals surface area contributed by atoms with Gasteiger partial charge in [0.15, 0.2) is 5.78 Å². The number of allylic oxidation sites excluding steroid dienone is 2. The van der Waals surface area contributed by atoms with Crippen LogP contribution in [0.1, 0.15) is 29.3 Å². The van der Waals surface area contributed by atoms with Crippen molar-refractivity contribution < 1.29 is 4.79 Å². The van der Waals surface area contributed by atoms with Crippen molar-refractivity contribution in [3.8, 4) is 0 Å². The summed E-state index contributed by atoms with van der Waals surface area (Å²) < 4.78 is 0. The Balaban J connectivity index is 2.08. The Morgan fingerprint density at radius 3 is 2.20 bits per heavy atom. The molecule has 0 atom stereocenters. The molecule has 2 rings (SSSR count). The van der Waals surface area contributed by atoms with E-state index in [9.17, 15) is 4.79 Å². The molecule has 0 unspecified atom stereocenters. The molecule has 0 N–H and O–H groups in total. The Labute approximate surface area is 124 Å². The topological polar surface area (TPSA) is 17.1 Å². The van der Waals surface area contributed by atoms with Crippen LogP contribution in [-0.4, -0.2) is 5.78 Å². The van der Waals surface area contributed by atoms with Crippen molar-refractivity contribution in [2.45, 2.75) is 19.1 Å². The standard InChI is InChI=1S/C18H18OS/c1-2-9-17(18(19)16-12-7-4-8-13-16)20-14-15-10-5-3-6-11-15/h3-13H,2,14H2,1H3/b17-9+. The SMILES string of the molecule is CC/C=C(/SCc1ccccc1)C(=O)c1ccccc1. The molecule has 0 aliphatic heterocycles. The summed E-state index contributed by atoms with van der Waals surface area (Å²) >= 11 is 1.61. The second kappa shape index (κ2) is 7.71. The van der Waals surface area contributed by atoms with Crippen molar-refractivity contribution in [3.05, 3.63) is 82.8 Å². The first kappa shape index (κ1) is 14.6. The summed E-state index contributed by atoms with van der Waals surface area (Å²) in [4.78, 5) is 13.3. The van der Waals surface area contributed by atoms with Crippen LogP contribution >= 0.6 is 11.8 Å². The number of hydrogen-bond donors (Lipinski definition) is 0. The summed E-state index contributed by atoms with van der Waals surface area (Å²) in [5.74, 6) is 0.944. The van der Waals surface area contributed by atoms with E-state index < -0.39 is 0 Å². The number of benzene rings is 2. The second-order valence-electron chi connectivity index (χ2n) is 4.45. The van der Waals surface area contributed by atoms with E-state index in [-0.39, 0.29) is 5.78 Å². The van der Waals surface area contributed by atoms with Crippen molar-refractivity contribution in [2.75, 3.05) is 0 Å². The monoisotopic (exact) mass is 282 g/mol. The quantitative estimate of drug-likeness (QED) is 0.542. The Morgan fingerprint density at radius 2 is 1.60 bits per heavy atom. The van der Waals surface area contributed by atoms with Gasteiger partial charge in [0.25, 0.3) is 0 Å². The van der Waals surface area contributed by atoms with Crippen LogP contribution < -0.4 is 0 Å². The molecule has 0 radical (unpaired) electrons. The molecule has 2 aromatic carbocycles. The number of rotatable bonds is 6. The molecule has 0 spiro atoms. The first-order valence-corrected chi connectivity index (χ1v) is 7.76. The fraction of sp³-hybridized carbons (Fsp3) is 0.167. The molecule has 0 saturated heterocycles. The Hall–Kier alpha value is -1.80. The van der Waals surface area contributed by atoms with E-state index in [2.05, 4.69) is 19.1 Å². The average molecular weight is 282 g/mol. The minimum Gasteiger partial charge on any atom is -0.288 e. The van der Waals surface area contributed by atoms with Gasteiger partial charge in [-0.25, -0.2) is 0 Å². The van der Waals surface area contributed by atoms with E-state index in [1.807, 2.05) is 54.6 Å². The minimum absolute atomic E-state index is 0.119. The van der Waals surface area contributed by atoms with Gasteiger partial charge >= 0.3 is 0 Å². The van der Waals surface area contributed by atoms with E-state index in [0.29, 0.717) is 0 Å². The van der Waals surface area contributed by atoms with Gasteiger partial charge in [-0.1, -0.05) is 73.7 Å². The number of thioether (sulfide) groups is 1. The van der Waals surface area contributed by atoms with Gasteiger partial charge < -0.3 is 0 Å². The highest BCUT2D eigenvalue weighted by atomic mass is 32.2. The van der Waals surface area contributed by atoms with Crippen LogP contribution in [0.5, 0.6) is 0 Å². The van der Waals surface area contributed by atoms with E-state index >= 15 is 0 Å². The second-order valence-corrected chi connectivity index (χ2v) is 5.46. The predicted molar refractivity (Wildman–Crippen MR) is 86.9 cm³/mol. The lowest BCUT2D eigenvalue weighted by atomic mass is 10.1. The molecule has 0 amide bonds. The number of carbonyl (C=O) groups excluding carboxylic acids is 1. The summed E-state index contributed by atoms with van der Waals surface area (Å²) in [6, 6.07) is 19.7. The maximum atomic E-state index is 12.5. The van der Waals surface area contributed by atoms with Crippen LogP contribution in [0.2, 0.25) is 0 Å². The lowest BCUT2D eigenvalue weighted by molar-refractivity contribution is 0.104. The molecule has 0 saturated carbocycles. The van der Waals surface area contributed by atoms with Crippen molar-refractivity contribution in [1.29, 1.82) is 0 Å². The van der Waals surface area contributed by atoms with Gasteiger partial charge in [0.1, 0.15) is 0 Å². The third-order valence-corrected chi connectivity index (χ3v) is 4.03. The molecule has 0 aromatic heterocycles. The van der Waals surface area contributed by atoms with Gasteiger partial charge in [0.2, 0.25) is 0 Å². The van der Waals surface area contributed by atoms with Crippen LogP contribution in [0, 0.1) is 0 Å². The summed E-state index contributed by atoms with van der Waals surface area (Å²) in [6.45, 7) is 2.06. The third kappa shape index (κ3) is 4.10. The van der Waals surface area contributed by atoms with Gasteiger partial charge in [0.05, 0.1) is 4.91 Å². The summed E-state index contributed by atoms with van der Waals surface area (Å²) in [6.07, 6.45) is 2.89. The molecule has 2 heteroatoms. The van der Waals surface area contributed by atoms with Crippen molar-refractivity contribution in [3.63, 3.8) is 0 Å². The molecular formula is C18H18OS. The Bertz CT molecular complexity index is 573. The van der Waals surface area contributed by atoms with E-state index in [4.69, 9.17) is 0 Å². The lowest BCUT2D eigenvalue weighted by Crippen LogP contribution is -2.01. The number of ketones is 1. The molecule has 0 fully saturated rings. The Morgan fingerprint density at radius 1 is 1.00 bits per heavy atom. The highest BCUT2D eigenvalue weighted by molar-refractivity contribution is 8.03. The van der Waals surface area contributed by atoms with Gasteiger partial charge in [0, 0.05) is 11.3 Å². The maximum absolute atomic E-state index is 12.5. The molecule has 1 nitrogen and oxygen atoms in total. The van der Waals surface area contributed by atoms with Gasteiger partial charge in [-0.2, -0.15) is 0 Å². The smallest absolute Gasteiger partial charge is 0.199 e. The zero-order chi connectivity index (χ0) is 14.2. The lowest BCUT2D eigenvalue weighted by Gasteiger charge is -2.07. The minimum atomic E-state index is 0.119. The summed E-state index contributed by atoms with van der Waals surface area (Å²) in [5, 5.41) is 0. The molecular weight excluding hydrogens is 264 g/mol. The van der Waals surface area contributed by atoms with Crippen LogP contribution in [0.25, 0.3) is 0 Å². The van der Waals surface area contributed by atoms with Crippen LogP contribution in [-0.2, 0) is 5.75 Å².